The van der Waals surface area contributed by atoms with Crippen LogP contribution in [0.1, 0.15) is 33.7 Å². The van der Waals surface area contributed by atoms with Crippen molar-refractivity contribution in [1.82, 2.24) is 19.9 Å². The number of halogens is 1. The van der Waals surface area contributed by atoms with Crippen LogP contribution >= 0.6 is 22.9 Å². The molecule has 0 aliphatic carbocycles. The van der Waals surface area contributed by atoms with Crippen LogP contribution in [-0.2, 0) is 13.0 Å². The molecule has 0 fully saturated rings. The van der Waals surface area contributed by atoms with Crippen molar-refractivity contribution in [3.05, 3.63) is 51.2 Å². The van der Waals surface area contributed by atoms with Crippen LogP contribution in [0, 0.1) is 6.92 Å². The Labute approximate surface area is 136 Å². The zero-order chi connectivity index (χ0) is 15.7. The van der Waals surface area contributed by atoms with Crippen LogP contribution in [0.3, 0.4) is 0 Å². The highest BCUT2D eigenvalue weighted by Gasteiger charge is 2.15. The quantitative estimate of drug-likeness (QED) is 0.796. The van der Waals surface area contributed by atoms with Gasteiger partial charge in [0.25, 0.3) is 5.91 Å². The van der Waals surface area contributed by atoms with Crippen molar-refractivity contribution in [2.45, 2.75) is 26.8 Å². The molecule has 2 heterocycles. The Kier molecular flexibility index (Phi) is 4.13. The molecule has 0 spiro atoms. The molecule has 3 aromatic rings. The zero-order valence-electron chi connectivity index (χ0n) is 12.3. The maximum atomic E-state index is 12.2. The number of benzene rings is 1. The number of rotatable bonds is 4. The van der Waals surface area contributed by atoms with E-state index in [4.69, 9.17) is 11.6 Å². The molecule has 0 bridgehead atoms. The van der Waals surface area contributed by atoms with Crippen molar-refractivity contribution in [3.8, 4) is 0 Å². The van der Waals surface area contributed by atoms with E-state index in [1.54, 1.807) is 35.6 Å². The van der Waals surface area contributed by atoms with Crippen LogP contribution in [-0.4, -0.2) is 20.5 Å². The van der Waals surface area contributed by atoms with Crippen molar-refractivity contribution >= 4 is 33.8 Å². The van der Waals surface area contributed by atoms with Gasteiger partial charge in [0.2, 0.25) is 4.96 Å². The van der Waals surface area contributed by atoms with Gasteiger partial charge in [0.05, 0.1) is 28.5 Å². The van der Waals surface area contributed by atoms with E-state index < -0.39 is 0 Å². The summed E-state index contributed by atoms with van der Waals surface area (Å²) < 4.78 is 1.81. The predicted molar refractivity (Wildman–Crippen MR) is 87.6 cm³/mol. The van der Waals surface area contributed by atoms with Gasteiger partial charge < -0.3 is 5.32 Å². The number of amides is 1. The van der Waals surface area contributed by atoms with Gasteiger partial charge in [0, 0.05) is 0 Å². The number of aromatic nitrogens is 3. The predicted octanol–water partition coefficient (Wildman–Crippen LogP) is 3.25. The van der Waals surface area contributed by atoms with Crippen molar-refractivity contribution < 1.29 is 4.79 Å². The lowest BCUT2D eigenvalue weighted by Gasteiger charge is -2.06. The molecule has 5 nitrogen and oxygen atoms in total. The first-order chi connectivity index (χ1) is 10.6. The van der Waals surface area contributed by atoms with Crippen LogP contribution in [0.25, 0.3) is 4.96 Å². The summed E-state index contributed by atoms with van der Waals surface area (Å²) in [5, 5.41) is 8.87. The summed E-state index contributed by atoms with van der Waals surface area (Å²) in [4.78, 5) is 17.6. The molecule has 1 N–H and O–H groups in total. The van der Waals surface area contributed by atoms with E-state index >= 15 is 0 Å². The SMILES string of the molecule is CCc1nn2c(CNC(=O)c3ccccc3Cl)c(C)nc2s1. The number of hydrogen-bond acceptors (Lipinski definition) is 4. The first-order valence-corrected chi connectivity index (χ1v) is 8.16. The summed E-state index contributed by atoms with van der Waals surface area (Å²) >= 11 is 7.61. The fraction of sp³-hybridized carbons (Fsp3) is 0.267. The van der Waals surface area contributed by atoms with Gasteiger partial charge in [0.1, 0.15) is 5.01 Å². The van der Waals surface area contributed by atoms with Gasteiger partial charge in [-0.3, -0.25) is 4.79 Å². The average molecular weight is 335 g/mol. The second kappa shape index (κ2) is 6.06. The maximum absolute atomic E-state index is 12.2. The standard InChI is InChI=1S/C15H15ClN4OS/c1-3-13-19-20-12(9(2)18-15(20)22-13)8-17-14(21)10-6-4-5-7-11(10)16/h4-7H,3,8H2,1-2H3,(H,17,21). The Bertz CT molecular complexity index is 839. The highest BCUT2D eigenvalue weighted by molar-refractivity contribution is 7.16. The second-order valence-electron chi connectivity index (χ2n) is 4.85. The number of aryl methyl sites for hydroxylation is 2. The third kappa shape index (κ3) is 2.71. The summed E-state index contributed by atoms with van der Waals surface area (Å²) in [5.41, 5.74) is 2.24. The fourth-order valence-electron chi connectivity index (χ4n) is 2.18. The zero-order valence-corrected chi connectivity index (χ0v) is 13.8. The van der Waals surface area contributed by atoms with Crippen molar-refractivity contribution in [2.75, 3.05) is 0 Å². The topological polar surface area (TPSA) is 59.3 Å². The van der Waals surface area contributed by atoms with Crippen LogP contribution < -0.4 is 5.32 Å². The summed E-state index contributed by atoms with van der Waals surface area (Å²) in [7, 11) is 0. The molecule has 2 aromatic heterocycles. The van der Waals surface area contributed by atoms with Crippen molar-refractivity contribution in [3.63, 3.8) is 0 Å². The molecule has 1 amide bonds. The molecule has 0 saturated heterocycles. The first kappa shape index (κ1) is 15.0. The van der Waals surface area contributed by atoms with Gasteiger partial charge in [-0.15, -0.1) is 0 Å². The Hall–Kier alpha value is -1.92. The van der Waals surface area contributed by atoms with E-state index in [0.717, 1.165) is 27.8 Å². The lowest BCUT2D eigenvalue weighted by atomic mass is 10.2. The van der Waals surface area contributed by atoms with Gasteiger partial charge in [0.15, 0.2) is 0 Å². The first-order valence-electron chi connectivity index (χ1n) is 6.96. The molecule has 7 heteroatoms. The van der Waals surface area contributed by atoms with Gasteiger partial charge in [-0.2, -0.15) is 5.10 Å². The molecule has 0 saturated carbocycles. The van der Waals surface area contributed by atoms with Crippen molar-refractivity contribution in [1.29, 1.82) is 0 Å². The molecule has 0 aliphatic rings. The average Bonchev–Trinajstić information content (AvgIpc) is 3.02. The van der Waals surface area contributed by atoms with Crippen LogP contribution in [0.2, 0.25) is 5.02 Å². The maximum Gasteiger partial charge on any atom is 0.253 e. The van der Waals surface area contributed by atoms with Crippen molar-refractivity contribution in [2.24, 2.45) is 0 Å². The fourth-order valence-corrected chi connectivity index (χ4v) is 3.30. The number of fused-ring (bicyclic) bond motifs is 1. The van der Waals surface area contributed by atoms with Crippen LogP contribution in [0.4, 0.5) is 0 Å². The normalized spacial score (nSPS) is 11.0. The van der Waals surface area contributed by atoms with E-state index in [-0.39, 0.29) is 5.91 Å². The monoisotopic (exact) mass is 334 g/mol. The Morgan fingerprint density at radius 2 is 2.18 bits per heavy atom. The molecule has 22 heavy (non-hydrogen) atoms. The molecule has 0 unspecified atom stereocenters. The highest BCUT2D eigenvalue weighted by Crippen LogP contribution is 2.19. The van der Waals surface area contributed by atoms with E-state index in [1.165, 1.54) is 0 Å². The number of carbonyl (C=O) groups is 1. The lowest BCUT2D eigenvalue weighted by Crippen LogP contribution is -2.24. The minimum Gasteiger partial charge on any atom is -0.346 e. The smallest absolute Gasteiger partial charge is 0.253 e. The van der Waals surface area contributed by atoms with E-state index in [9.17, 15) is 4.79 Å². The number of nitrogens with zero attached hydrogens (tertiary/aromatic N) is 3. The summed E-state index contributed by atoms with van der Waals surface area (Å²) in [6, 6.07) is 6.99. The van der Waals surface area contributed by atoms with E-state index in [2.05, 4.69) is 22.3 Å². The Morgan fingerprint density at radius 3 is 2.91 bits per heavy atom. The van der Waals surface area contributed by atoms with Crippen LogP contribution in [0.15, 0.2) is 24.3 Å². The van der Waals surface area contributed by atoms with E-state index in [1.807, 2.05) is 11.4 Å². The molecule has 114 valence electrons. The minimum absolute atomic E-state index is 0.203. The number of imidazole rings is 1. The largest absolute Gasteiger partial charge is 0.346 e. The third-order valence-corrected chi connectivity index (χ3v) is 4.76. The molecule has 0 radical (unpaired) electrons. The lowest BCUT2D eigenvalue weighted by molar-refractivity contribution is 0.0950. The number of hydrogen-bond donors (Lipinski definition) is 1. The van der Waals surface area contributed by atoms with Gasteiger partial charge >= 0.3 is 0 Å². The molecule has 0 aliphatic heterocycles. The van der Waals surface area contributed by atoms with Gasteiger partial charge in [-0.05, 0) is 25.5 Å². The number of carbonyl (C=O) groups excluding carboxylic acids is 1. The molecule has 1 aromatic carbocycles. The summed E-state index contributed by atoms with van der Waals surface area (Å²) in [6.45, 7) is 4.35. The van der Waals surface area contributed by atoms with Gasteiger partial charge in [-0.1, -0.05) is 42.0 Å². The van der Waals surface area contributed by atoms with E-state index in [0.29, 0.717) is 17.1 Å². The molecular weight excluding hydrogens is 320 g/mol. The molecule has 0 atom stereocenters. The second-order valence-corrected chi connectivity index (χ2v) is 6.30. The summed E-state index contributed by atoms with van der Waals surface area (Å²) in [5.74, 6) is -0.203. The third-order valence-electron chi connectivity index (χ3n) is 3.38. The molecular formula is C15H15ClN4OS. The summed E-state index contributed by atoms with van der Waals surface area (Å²) in [6.07, 6.45) is 0.874. The van der Waals surface area contributed by atoms with Gasteiger partial charge in [-0.25, -0.2) is 9.50 Å². The highest BCUT2D eigenvalue weighted by atomic mass is 35.5. The Morgan fingerprint density at radius 1 is 1.41 bits per heavy atom. The number of nitrogens with one attached hydrogen (secondary N) is 1. The molecule has 3 rings (SSSR count). The Balaban J connectivity index is 1.82. The van der Waals surface area contributed by atoms with Crippen LogP contribution in [0.5, 0.6) is 0 Å². The minimum atomic E-state index is -0.203.